The van der Waals surface area contributed by atoms with Crippen LogP contribution in [0.5, 0.6) is 0 Å². The highest BCUT2D eigenvalue weighted by Crippen LogP contribution is 2.18. The van der Waals surface area contributed by atoms with Crippen molar-refractivity contribution >= 4 is 11.5 Å². The number of anilines is 1. The third-order valence-corrected chi connectivity index (χ3v) is 1.62. The monoisotopic (exact) mass is 196 g/mol. The first kappa shape index (κ1) is 10.4. The van der Waals surface area contributed by atoms with Crippen molar-refractivity contribution in [2.45, 2.75) is 6.92 Å². The maximum atomic E-state index is 10.5. The lowest BCUT2D eigenvalue weighted by Gasteiger charge is -2.12. The van der Waals surface area contributed by atoms with Crippen LogP contribution in [0.15, 0.2) is 12.3 Å². The second-order valence-corrected chi connectivity index (χ2v) is 3.12. The van der Waals surface area contributed by atoms with Crippen LogP contribution in [0.4, 0.5) is 11.5 Å². The van der Waals surface area contributed by atoms with E-state index in [1.54, 1.807) is 18.0 Å². The van der Waals surface area contributed by atoms with E-state index in [9.17, 15) is 10.1 Å². The van der Waals surface area contributed by atoms with E-state index in [1.165, 1.54) is 6.20 Å². The minimum Gasteiger partial charge on any atom is -0.304 e. The van der Waals surface area contributed by atoms with Crippen molar-refractivity contribution in [2.75, 3.05) is 19.5 Å². The van der Waals surface area contributed by atoms with Crippen LogP contribution < -0.4 is 5.43 Å². The molecule has 0 atom stereocenters. The molecule has 6 nitrogen and oxygen atoms in total. The quantitative estimate of drug-likeness (QED) is 0.580. The fraction of sp³-hybridized carbons (Fsp3) is 0.375. The summed E-state index contributed by atoms with van der Waals surface area (Å²) in [4.78, 5) is 14.0. The second kappa shape index (κ2) is 4.01. The molecule has 1 aromatic rings. The highest BCUT2D eigenvalue weighted by molar-refractivity contribution is 5.46. The smallest absolute Gasteiger partial charge is 0.290 e. The molecule has 1 heterocycles. The summed E-state index contributed by atoms with van der Waals surface area (Å²) < 4.78 is 0. The molecule has 76 valence electrons. The summed E-state index contributed by atoms with van der Waals surface area (Å²) in [5.41, 5.74) is 3.54. The van der Waals surface area contributed by atoms with Crippen LogP contribution in [0.2, 0.25) is 0 Å². The van der Waals surface area contributed by atoms with Gasteiger partial charge in [-0.15, -0.1) is 0 Å². The van der Waals surface area contributed by atoms with Gasteiger partial charge in [0.15, 0.2) is 0 Å². The standard InChI is InChI=1S/C8H12N4O2/c1-6-4-8(10-11(2)3)9-5-7(6)12(13)14/h4-5H,1-3H3,(H,9,10). The van der Waals surface area contributed by atoms with E-state index in [0.717, 1.165) is 0 Å². The van der Waals surface area contributed by atoms with Gasteiger partial charge in [-0.3, -0.25) is 10.1 Å². The fourth-order valence-corrected chi connectivity index (χ4v) is 1.03. The summed E-state index contributed by atoms with van der Waals surface area (Å²) in [6.07, 6.45) is 1.25. The molecule has 1 rings (SSSR count). The Morgan fingerprint density at radius 3 is 2.64 bits per heavy atom. The number of hydrogen-bond acceptors (Lipinski definition) is 5. The van der Waals surface area contributed by atoms with Gasteiger partial charge in [0.05, 0.1) is 4.92 Å². The van der Waals surface area contributed by atoms with Gasteiger partial charge in [0, 0.05) is 19.7 Å². The Balaban J connectivity index is 2.94. The van der Waals surface area contributed by atoms with E-state index in [2.05, 4.69) is 10.4 Å². The predicted molar refractivity (Wildman–Crippen MR) is 52.9 cm³/mol. The molecule has 0 fully saturated rings. The number of hydrogen-bond donors (Lipinski definition) is 1. The van der Waals surface area contributed by atoms with Crippen LogP contribution in [0.3, 0.4) is 0 Å². The first-order valence-corrected chi connectivity index (χ1v) is 4.05. The van der Waals surface area contributed by atoms with Crippen LogP contribution in [-0.4, -0.2) is 29.0 Å². The molecule has 6 heteroatoms. The topological polar surface area (TPSA) is 71.3 Å². The molecule has 0 aliphatic carbocycles. The predicted octanol–water partition coefficient (Wildman–Crippen LogP) is 1.19. The number of nitro groups is 1. The lowest BCUT2D eigenvalue weighted by Crippen LogP contribution is -2.20. The van der Waals surface area contributed by atoms with Crippen molar-refractivity contribution < 1.29 is 4.92 Å². The van der Waals surface area contributed by atoms with Crippen LogP contribution in [0.1, 0.15) is 5.56 Å². The molecule has 0 saturated heterocycles. The van der Waals surface area contributed by atoms with Gasteiger partial charge in [0.1, 0.15) is 12.0 Å². The largest absolute Gasteiger partial charge is 0.304 e. The molecule has 0 aliphatic heterocycles. The number of aryl methyl sites for hydroxylation is 1. The molecule has 0 aliphatic rings. The SMILES string of the molecule is Cc1cc(NN(C)C)ncc1[N+](=O)[O-]. The molecular formula is C8H12N4O2. The Morgan fingerprint density at radius 2 is 2.21 bits per heavy atom. The number of rotatable bonds is 3. The summed E-state index contributed by atoms with van der Waals surface area (Å²) in [7, 11) is 3.64. The fourth-order valence-electron chi connectivity index (χ4n) is 1.03. The molecule has 14 heavy (non-hydrogen) atoms. The van der Waals surface area contributed by atoms with E-state index < -0.39 is 4.92 Å². The van der Waals surface area contributed by atoms with Crippen LogP contribution in [-0.2, 0) is 0 Å². The molecule has 1 N–H and O–H groups in total. The minimum atomic E-state index is -0.443. The molecule has 0 aromatic carbocycles. The van der Waals surface area contributed by atoms with Crippen molar-refractivity contribution in [2.24, 2.45) is 0 Å². The Morgan fingerprint density at radius 1 is 1.57 bits per heavy atom. The van der Waals surface area contributed by atoms with Gasteiger partial charge in [0.25, 0.3) is 5.69 Å². The van der Waals surface area contributed by atoms with Gasteiger partial charge in [-0.05, 0) is 13.0 Å². The molecular weight excluding hydrogens is 184 g/mol. The average molecular weight is 196 g/mol. The normalized spacial score (nSPS) is 10.3. The first-order valence-electron chi connectivity index (χ1n) is 4.05. The van der Waals surface area contributed by atoms with E-state index >= 15 is 0 Å². The van der Waals surface area contributed by atoms with Gasteiger partial charge in [0.2, 0.25) is 0 Å². The molecule has 0 amide bonds. The van der Waals surface area contributed by atoms with Gasteiger partial charge in [-0.2, -0.15) is 0 Å². The molecule has 0 radical (unpaired) electrons. The van der Waals surface area contributed by atoms with Crippen molar-refractivity contribution in [1.29, 1.82) is 0 Å². The number of pyridine rings is 1. The number of aromatic nitrogens is 1. The van der Waals surface area contributed by atoms with Crippen molar-refractivity contribution in [3.63, 3.8) is 0 Å². The lowest BCUT2D eigenvalue weighted by molar-refractivity contribution is -0.385. The molecule has 0 bridgehead atoms. The molecule has 0 unspecified atom stereocenters. The summed E-state index contributed by atoms with van der Waals surface area (Å²) in [5.74, 6) is 0.595. The zero-order valence-electron chi connectivity index (χ0n) is 8.31. The Hall–Kier alpha value is -1.69. The summed E-state index contributed by atoms with van der Waals surface area (Å²) in [5, 5.41) is 12.2. The Kier molecular flexibility index (Phi) is 2.98. The second-order valence-electron chi connectivity index (χ2n) is 3.12. The highest BCUT2D eigenvalue weighted by atomic mass is 16.6. The number of nitrogens with zero attached hydrogens (tertiary/aromatic N) is 3. The van der Waals surface area contributed by atoms with Gasteiger partial charge in [-0.25, -0.2) is 9.99 Å². The van der Waals surface area contributed by atoms with E-state index in [-0.39, 0.29) is 5.69 Å². The maximum absolute atomic E-state index is 10.5. The Bertz CT molecular complexity index is 351. The average Bonchev–Trinajstić information content (AvgIpc) is 2.01. The van der Waals surface area contributed by atoms with Crippen molar-refractivity contribution in [3.05, 3.63) is 27.9 Å². The van der Waals surface area contributed by atoms with Crippen molar-refractivity contribution in [1.82, 2.24) is 9.99 Å². The Labute approximate surface area is 81.7 Å². The highest BCUT2D eigenvalue weighted by Gasteiger charge is 2.11. The lowest BCUT2D eigenvalue weighted by atomic mass is 10.2. The zero-order valence-corrected chi connectivity index (χ0v) is 8.31. The van der Waals surface area contributed by atoms with E-state index in [1.807, 2.05) is 14.1 Å². The molecule has 1 aromatic heterocycles. The van der Waals surface area contributed by atoms with Crippen LogP contribution >= 0.6 is 0 Å². The number of nitrogens with one attached hydrogen (secondary N) is 1. The van der Waals surface area contributed by atoms with Gasteiger partial charge in [-0.1, -0.05) is 0 Å². The third kappa shape index (κ3) is 2.40. The van der Waals surface area contributed by atoms with Gasteiger partial charge < -0.3 is 5.43 Å². The first-order chi connectivity index (χ1) is 6.50. The van der Waals surface area contributed by atoms with Crippen LogP contribution in [0.25, 0.3) is 0 Å². The van der Waals surface area contributed by atoms with E-state index in [0.29, 0.717) is 11.4 Å². The van der Waals surface area contributed by atoms with Gasteiger partial charge >= 0.3 is 0 Å². The third-order valence-electron chi connectivity index (χ3n) is 1.62. The van der Waals surface area contributed by atoms with Crippen molar-refractivity contribution in [3.8, 4) is 0 Å². The summed E-state index contributed by atoms with van der Waals surface area (Å²) in [6.45, 7) is 1.68. The summed E-state index contributed by atoms with van der Waals surface area (Å²) in [6, 6.07) is 1.64. The van der Waals surface area contributed by atoms with E-state index in [4.69, 9.17) is 0 Å². The zero-order chi connectivity index (χ0) is 10.7. The minimum absolute atomic E-state index is 0.0364. The number of hydrazine groups is 1. The maximum Gasteiger partial charge on any atom is 0.290 e. The summed E-state index contributed by atoms with van der Waals surface area (Å²) >= 11 is 0. The van der Waals surface area contributed by atoms with Crippen LogP contribution in [0, 0.1) is 17.0 Å². The molecule has 0 spiro atoms. The molecule has 0 saturated carbocycles.